The molecule has 0 radical (unpaired) electrons. The lowest BCUT2D eigenvalue weighted by Gasteiger charge is -2.16. The lowest BCUT2D eigenvalue weighted by atomic mass is 9.89. The molecule has 0 aliphatic heterocycles. The molecule has 70 valence electrons. The van der Waals surface area contributed by atoms with E-state index in [1.807, 2.05) is 20.8 Å². The first-order valence-corrected chi connectivity index (χ1v) is 3.99. The fraction of sp³-hybridized carbons (Fsp3) is 0.727. The fourth-order valence-corrected chi connectivity index (χ4v) is 0.731. The smallest absolute Gasteiger partial charge is 0.155 e. The second-order valence-electron chi connectivity index (χ2n) is 4.08. The van der Waals surface area contributed by atoms with Crippen molar-refractivity contribution in [2.24, 2.45) is 5.41 Å². The summed E-state index contributed by atoms with van der Waals surface area (Å²) >= 11 is 0. The molecular formula is C11H20O. The summed E-state index contributed by atoms with van der Waals surface area (Å²) in [5, 5.41) is 0. The maximum Gasteiger partial charge on any atom is 0.155 e. The Kier molecular flexibility index (Phi) is 1.70. The van der Waals surface area contributed by atoms with E-state index in [4.69, 9.17) is 8.22 Å². The maximum absolute atomic E-state index is 11.6. The second kappa shape index (κ2) is 4.44. The number of carbonyl (C=O) groups is 1. The Hall–Kier alpha value is -0.590. The SMILES string of the molecule is [2H]C([2H])([2H])C(=CC(=O)CCC(C)(C)C)C([2H])([2H])[2H]. The van der Waals surface area contributed by atoms with Gasteiger partial charge in [0, 0.05) is 14.6 Å². The van der Waals surface area contributed by atoms with E-state index < -0.39 is 25.1 Å². The molecule has 0 aromatic carbocycles. The quantitative estimate of drug-likeness (QED) is 0.600. The van der Waals surface area contributed by atoms with Crippen LogP contribution in [0.5, 0.6) is 0 Å². The highest BCUT2D eigenvalue weighted by Gasteiger charge is 2.11. The molecule has 0 aliphatic rings. The normalized spacial score (nSPS) is 20.6. The molecule has 0 saturated heterocycles. The van der Waals surface area contributed by atoms with Gasteiger partial charge in [0.1, 0.15) is 0 Å². The third-order valence-electron chi connectivity index (χ3n) is 1.43. The molecule has 0 atom stereocenters. The van der Waals surface area contributed by atoms with E-state index in [0.717, 1.165) is 6.08 Å². The van der Waals surface area contributed by atoms with Crippen LogP contribution >= 0.6 is 0 Å². The summed E-state index contributed by atoms with van der Waals surface area (Å²) in [6.45, 7) is 0.348. The van der Waals surface area contributed by atoms with Gasteiger partial charge in [-0.3, -0.25) is 4.79 Å². The molecule has 0 rings (SSSR count). The van der Waals surface area contributed by atoms with Crippen LogP contribution in [0.1, 0.15) is 55.5 Å². The van der Waals surface area contributed by atoms with E-state index in [9.17, 15) is 4.79 Å². The molecule has 0 unspecified atom stereocenters. The molecular weight excluding hydrogens is 148 g/mol. The van der Waals surface area contributed by atoms with Crippen molar-refractivity contribution in [2.75, 3.05) is 0 Å². The predicted octanol–water partition coefficient (Wildman–Crippen LogP) is 3.35. The van der Waals surface area contributed by atoms with Crippen molar-refractivity contribution < 1.29 is 13.0 Å². The van der Waals surface area contributed by atoms with Gasteiger partial charge >= 0.3 is 0 Å². The number of hydrogen-bond donors (Lipinski definition) is 0. The lowest BCUT2D eigenvalue weighted by Crippen LogP contribution is -2.07. The van der Waals surface area contributed by atoms with E-state index in [1.165, 1.54) is 0 Å². The summed E-state index contributed by atoms with van der Waals surface area (Å²) in [6, 6.07) is 0. The standard InChI is InChI=1S/C11H20O/c1-9(2)8-10(12)6-7-11(3,4)5/h8H,6-7H2,1-5H3/i1D3,2D3. The Labute approximate surface area is 84.3 Å². The molecule has 0 spiro atoms. The monoisotopic (exact) mass is 174 g/mol. The van der Waals surface area contributed by atoms with E-state index in [1.54, 1.807) is 0 Å². The zero-order valence-corrected chi connectivity index (χ0v) is 7.90. The summed E-state index contributed by atoms with van der Waals surface area (Å²) in [5.41, 5.74) is -0.808. The van der Waals surface area contributed by atoms with Crippen molar-refractivity contribution in [2.45, 2.75) is 47.3 Å². The third kappa shape index (κ3) is 7.52. The molecule has 0 fully saturated rings. The van der Waals surface area contributed by atoms with Gasteiger partial charge in [-0.25, -0.2) is 0 Å². The van der Waals surface area contributed by atoms with Gasteiger partial charge < -0.3 is 0 Å². The minimum absolute atomic E-state index is 0.0520. The van der Waals surface area contributed by atoms with E-state index in [-0.39, 0.29) is 11.8 Å². The van der Waals surface area contributed by atoms with Crippen molar-refractivity contribution in [3.63, 3.8) is 0 Å². The van der Waals surface area contributed by atoms with Crippen molar-refractivity contribution in [1.82, 2.24) is 0 Å². The van der Waals surface area contributed by atoms with Crippen molar-refractivity contribution >= 4 is 5.78 Å². The molecule has 0 heterocycles. The summed E-state index contributed by atoms with van der Waals surface area (Å²) < 4.78 is 42.9. The first kappa shape index (κ1) is 4.59. The van der Waals surface area contributed by atoms with Crippen LogP contribution in [-0.4, -0.2) is 5.78 Å². The first-order valence-electron chi connectivity index (χ1n) is 6.99. The largest absolute Gasteiger partial charge is 0.295 e. The van der Waals surface area contributed by atoms with Crippen LogP contribution in [0.4, 0.5) is 0 Å². The average molecular weight is 174 g/mol. The molecule has 1 nitrogen and oxygen atoms in total. The number of rotatable bonds is 3. The van der Waals surface area contributed by atoms with Crippen LogP contribution in [0.2, 0.25) is 0 Å². The van der Waals surface area contributed by atoms with Crippen molar-refractivity contribution in [3.8, 4) is 0 Å². The molecule has 12 heavy (non-hydrogen) atoms. The first-order chi connectivity index (χ1) is 7.73. The van der Waals surface area contributed by atoms with Crippen LogP contribution in [0.25, 0.3) is 0 Å². The van der Waals surface area contributed by atoms with E-state index >= 15 is 0 Å². The third-order valence-corrected chi connectivity index (χ3v) is 1.43. The van der Waals surface area contributed by atoms with E-state index in [0.29, 0.717) is 6.42 Å². The van der Waals surface area contributed by atoms with Gasteiger partial charge in [0.2, 0.25) is 0 Å². The Morgan fingerprint density at radius 2 is 2.00 bits per heavy atom. The Morgan fingerprint density at radius 1 is 1.42 bits per heavy atom. The number of carbonyl (C=O) groups excluding carboxylic acids is 1. The van der Waals surface area contributed by atoms with Gasteiger partial charge in [0.05, 0.1) is 0 Å². The molecule has 0 aliphatic carbocycles. The molecule has 0 saturated carbocycles. The molecule has 0 aromatic heterocycles. The Balaban J connectivity index is 4.94. The van der Waals surface area contributed by atoms with Gasteiger partial charge in [0.15, 0.2) is 5.78 Å². The van der Waals surface area contributed by atoms with Crippen LogP contribution in [0, 0.1) is 5.41 Å². The highest BCUT2D eigenvalue weighted by atomic mass is 16.1. The van der Waals surface area contributed by atoms with Gasteiger partial charge in [-0.05, 0) is 31.6 Å². The maximum atomic E-state index is 11.6. The minimum Gasteiger partial charge on any atom is -0.295 e. The molecule has 0 aromatic rings. The average Bonchev–Trinajstić information content (AvgIpc) is 2.05. The lowest BCUT2D eigenvalue weighted by molar-refractivity contribution is -0.115. The van der Waals surface area contributed by atoms with E-state index in [2.05, 4.69) is 0 Å². The number of ketones is 1. The molecule has 0 amide bonds. The highest BCUT2D eigenvalue weighted by molar-refractivity contribution is 5.90. The summed E-state index contributed by atoms with van der Waals surface area (Å²) in [6.07, 6.45) is 1.50. The molecule has 0 bridgehead atoms. The van der Waals surface area contributed by atoms with Crippen LogP contribution in [0.3, 0.4) is 0 Å². The zero-order valence-electron chi connectivity index (χ0n) is 13.9. The fourth-order valence-electron chi connectivity index (χ4n) is 0.731. The van der Waals surface area contributed by atoms with Gasteiger partial charge in [-0.2, -0.15) is 0 Å². The Morgan fingerprint density at radius 3 is 2.42 bits per heavy atom. The second-order valence-corrected chi connectivity index (χ2v) is 4.08. The summed E-state index contributed by atoms with van der Waals surface area (Å²) in [7, 11) is 0. The van der Waals surface area contributed by atoms with Crippen LogP contribution in [-0.2, 0) is 4.79 Å². The van der Waals surface area contributed by atoms with Gasteiger partial charge in [0.25, 0.3) is 0 Å². The number of allylic oxidation sites excluding steroid dienone is 2. The topological polar surface area (TPSA) is 17.1 Å². The molecule has 1 heteroatoms. The van der Waals surface area contributed by atoms with Crippen LogP contribution in [0.15, 0.2) is 11.6 Å². The molecule has 0 N–H and O–H groups in total. The van der Waals surface area contributed by atoms with Crippen molar-refractivity contribution in [1.29, 1.82) is 0 Å². The highest BCUT2D eigenvalue weighted by Crippen LogP contribution is 2.20. The number of hydrogen-bond acceptors (Lipinski definition) is 1. The van der Waals surface area contributed by atoms with Crippen molar-refractivity contribution in [3.05, 3.63) is 11.6 Å². The summed E-state index contributed by atoms with van der Waals surface area (Å²) in [5.74, 6) is -0.452. The summed E-state index contributed by atoms with van der Waals surface area (Å²) in [4.78, 5) is 11.6. The Bertz CT molecular complexity index is 313. The minimum atomic E-state index is -2.76. The zero-order chi connectivity index (χ0) is 14.8. The predicted molar refractivity (Wildman–Crippen MR) is 53.1 cm³/mol. The van der Waals surface area contributed by atoms with Gasteiger partial charge in [-0.1, -0.05) is 26.3 Å². The van der Waals surface area contributed by atoms with Crippen LogP contribution < -0.4 is 0 Å². The van der Waals surface area contributed by atoms with Gasteiger partial charge in [-0.15, -0.1) is 0 Å².